The summed E-state index contributed by atoms with van der Waals surface area (Å²) in [5, 5.41) is 5.37. The van der Waals surface area contributed by atoms with E-state index in [0.29, 0.717) is 18.2 Å². The topological polar surface area (TPSA) is 67.2 Å². The van der Waals surface area contributed by atoms with Crippen LogP contribution in [-0.2, 0) is 11.8 Å². The molecule has 0 N–H and O–H groups in total. The van der Waals surface area contributed by atoms with Crippen LogP contribution in [0.15, 0.2) is 10.9 Å². The van der Waals surface area contributed by atoms with E-state index in [1.165, 1.54) is 0 Å². The first-order valence-corrected chi connectivity index (χ1v) is 9.78. The molecule has 0 bridgehead atoms. The molecule has 2 aromatic heterocycles. The van der Waals surface area contributed by atoms with Gasteiger partial charge < -0.3 is 9.80 Å². The Morgan fingerprint density at radius 2 is 1.92 bits per heavy atom. The highest BCUT2D eigenvalue weighted by atomic mass is 79.9. The van der Waals surface area contributed by atoms with Crippen LogP contribution in [0.5, 0.6) is 0 Å². The second kappa shape index (κ2) is 6.90. The van der Waals surface area contributed by atoms with E-state index < -0.39 is 0 Å². The highest BCUT2D eigenvalue weighted by molar-refractivity contribution is 9.10. The third-order valence-electron chi connectivity index (χ3n) is 5.39. The van der Waals surface area contributed by atoms with Crippen LogP contribution < -0.4 is 4.90 Å². The van der Waals surface area contributed by atoms with Crippen LogP contribution in [0.2, 0.25) is 0 Å². The average molecular weight is 407 g/mol. The van der Waals surface area contributed by atoms with E-state index in [1.54, 1.807) is 11.0 Å². The minimum atomic E-state index is 0.343. The number of aryl methyl sites for hydroxylation is 1. The maximum Gasteiger partial charge on any atom is 0.222 e. The van der Waals surface area contributed by atoms with Crippen molar-refractivity contribution < 1.29 is 4.79 Å². The molecule has 1 amide bonds. The maximum atomic E-state index is 12.4. The second-order valence-corrected chi connectivity index (χ2v) is 7.78. The van der Waals surface area contributed by atoms with E-state index in [0.717, 1.165) is 73.3 Å². The number of nitrogens with zero attached hydrogens (tertiary/aromatic N) is 6. The zero-order valence-corrected chi connectivity index (χ0v) is 16.1. The first-order valence-electron chi connectivity index (χ1n) is 8.99. The summed E-state index contributed by atoms with van der Waals surface area (Å²) in [6.45, 7) is 3.74. The van der Waals surface area contributed by atoms with E-state index in [-0.39, 0.29) is 0 Å². The zero-order chi connectivity index (χ0) is 17.4. The molecule has 7 nitrogen and oxygen atoms in total. The molecule has 0 atom stereocenters. The largest absolute Gasteiger partial charge is 0.356 e. The van der Waals surface area contributed by atoms with Gasteiger partial charge in [0.05, 0.1) is 5.39 Å². The van der Waals surface area contributed by atoms with Gasteiger partial charge in [-0.2, -0.15) is 5.10 Å². The molecule has 4 heterocycles. The fourth-order valence-corrected chi connectivity index (χ4v) is 4.55. The van der Waals surface area contributed by atoms with Crippen molar-refractivity contribution in [3.63, 3.8) is 0 Å². The van der Waals surface area contributed by atoms with Crippen molar-refractivity contribution in [3.8, 4) is 0 Å². The van der Waals surface area contributed by atoms with Crippen LogP contribution in [0, 0.1) is 5.92 Å². The van der Waals surface area contributed by atoms with Crippen LogP contribution in [0.25, 0.3) is 11.0 Å². The summed E-state index contributed by atoms with van der Waals surface area (Å²) in [6.07, 6.45) is 6.69. The van der Waals surface area contributed by atoms with Gasteiger partial charge in [-0.05, 0) is 47.5 Å². The number of rotatable bonds is 3. The number of piperidine rings is 1. The molecule has 2 aliphatic rings. The lowest BCUT2D eigenvalue weighted by Gasteiger charge is -2.33. The number of hydrogen-bond donors (Lipinski definition) is 0. The van der Waals surface area contributed by atoms with Gasteiger partial charge in [0.25, 0.3) is 0 Å². The van der Waals surface area contributed by atoms with Crippen LogP contribution >= 0.6 is 15.9 Å². The van der Waals surface area contributed by atoms with Crippen LogP contribution in [-0.4, -0.2) is 56.7 Å². The number of likely N-dealkylation sites (tertiary alicyclic amines) is 1. The Balaban J connectivity index is 1.43. The highest BCUT2D eigenvalue weighted by Gasteiger charge is 2.27. The third-order valence-corrected chi connectivity index (χ3v) is 5.95. The Bertz CT molecular complexity index is 777. The van der Waals surface area contributed by atoms with Gasteiger partial charge in [-0.3, -0.25) is 4.79 Å². The van der Waals surface area contributed by atoms with E-state index >= 15 is 0 Å². The Kier molecular flexibility index (Phi) is 4.62. The number of amides is 1. The fourth-order valence-electron chi connectivity index (χ4n) is 3.96. The normalized spacial score (nSPS) is 19.1. The molecule has 0 spiro atoms. The molecule has 2 aliphatic heterocycles. The molecule has 2 fully saturated rings. The molecule has 25 heavy (non-hydrogen) atoms. The van der Waals surface area contributed by atoms with Crippen molar-refractivity contribution in [3.05, 3.63) is 10.9 Å². The summed E-state index contributed by atoms with van der Waals surface area (Å²) < 4.78 is 2.55. The van der Waals surface area contributed by atoms with Crippen molar-refractivity contribution in [2.24, 2.45) is 13.0 Å². The number of anilines is 1. The molecule has 2 saturated heterocycles. The second-order valence-electron chi connectivity index (χ2n) is 7.03. The molecule has 0 radical (unpaired) electrons. The maximum absolute atomic E-state index is 12.4. The average Bonchev–Trinajstić information content (AvgIpc) is 3.25. The summed E-state index contributed by atoms with van der Waals surface area (Å²) in [4.78, 5) is 25.5. The molecule has 2 aromatic rings. The predicted molar refractivity (Wildman–Crippen MR) is 99.4 cm³/mol. The van der Waals surface area contributed by atoms with E-state index in [1.807, 2.05) is 11.9 Å². The Morgan fingerprint density at radius 1 is 1.20 bits per heavy atom. The van der Waals surface area contributed by atoms with E-state index in [9.17, 15) is 4.79 Å². The predicted octanol–water partition coefficient (Wildman–Crippen LogP) is 2.35. The van der Waals surface area contributed by atoms with Crippen LogP contribution in [0.1, 0.15) is 32.1 Å². The summed E-state index contributed by atoms with van der Waals surface area (Å²) in [5.74, 6) is 1.77. The zero-order valence-electron chi connectivity index (χ0n) is 14.5. The molecule has 0 aromatic carbocycles. The number of fused-ring (bicyclic) bond motifs is 1. The molecule has 4 rings (SSSR count). The van der Waals surface area contributed by atoms with Crippen LogP contribution in [0.3, 0.4) is 0 Å². The van der Waals surface area contributed by atoms with Crippen molar-refractivity contribution in [1.82, 2.24) is 24.6 Å². The minimum absolute atomic E-state index is 0.343. The number of carbonyl (C=O) groups excluding carboxylic acids is 1. The van der Waals surface area contributed by atoms with Crippen molar-refractivity contribution in [2.45, 2.75) is 32.1 Å². The molecule has 8 heteroatoms. The molecular weight excluding hydrogens is 384 g/mol. The van der Waals surface area contributed by atoms with Gasteiger partial charge in [-0.1, -0.05) is 0 Å². The van der Waals surface area contributed by atoms with Gasteiger partial charge in [-0.25, -0.2) is 14.6 Å². The standard InChI is InChI=1S/C17H23BrN6O/c1-22-16-14(15(18)21-22)17(20-11-19-16)24-8-4-12(5-9-24)10-13(25)23-6-2-3-7-23/h11-12H,2-10H2,1H3. The van der Waals surface area contributed by atoms with Crippen LogP contribution in [0.4, 0.5) is 5.82 Å². The summed E-state index contributed by atoms with van der Waals surface area (Å²) in [5.41, 5.74) is 0.836. The van der Waals surface area contributed by atoms with Crippen molar-refractivity contribution >= 4 is 38.7 Å². The number of hydrogen-bond acceptors (Lipinski definition) is 5. The van der Waals surface area contributed by atoms with Gasteiger partial charge in [0.2, 0.25) is 5.91 Å². The first-order chi connectivity index (χ1) is 12.1. The number of halogens is 1. The lowest BCUT2D eigenvalue weighted by atomic mass is 9.93. The molecule has 0 saturated carbocycles. The quantitative estimate of drug-likeness (QED) is 0.782. The molecule has 0 aliphatic carbocycles. The Labute approximate surface area is 155 Å². The SMILES string of the molecule is Cn1nc(Br)c2c(N3CCC(CC(=O)N4CCCC4)CC3)ncnc21. The molecular formula is C17H23BrN6O. The first kappa shape index (κ1) is 16.8. The Hall–Kier alpha value is -1.70. The van der Waals surface area contributed by atoms with Crippen molar-refractivity contribution in [2.75, 3.05) is 31.1 Å². The monoisotopic (exact) mass is 406 g/mol. The summed E-state index contributed by atoms with van der Waals surface area (Å²) >= 11 is 3.53. The third kappa shape index (κ3) is 3.23. The fraction of sp³-hybridized carbons (Fsp3) is 0.647. The van der Waals surface area contributed by atoms with Gasteiger partial charge in [0, 0.05) is 39.6 Å². The van der Waals surface area contributed by atoms with Gasteiger partial charge >= 0.3 is 0 Å². The van der Waals surface area contributed by atoms with Gasteiger partial charge in [0.15, 0.2) is 5.65 Å². The Morgan fingerprint density at radius 3 is 2.64 bits per heavy atom. The lowest BCUT2D eigenvalue weighted by molar-refractivity contribution is -0.131. The number of carbonyl (C=O) groups is 1. The molecule has 0 unspecified atom stereocenters. The van der Waals surface area contributed by atoms with E-state index in [2.05, 4.69) is 35.9 Å². The summed E-state index contributed by atoms with van der Waals surface area (Å²) in [7, 11) is 1.89. The smallest absolute Gasteiger partial charge is 0.222 e. The van der Waals surface area contributed by atoms with Gasteiger partial charge in [-0.15, -0.1) is 0 Å². The lowest BCUT2D eigenvalue weighted by Crippen LogP contribution is -2.37. The molecule has 134 valence electrons. The van der Waals surface area contributed by atoms with Gasteiger partial charge in [0.1, 0.15) is 16.7 Å². The number of aromatic nitrogens is 4. The highest BCUT2D eigenvalue weighted by Crippen LogP contribution is 2.32. The summed E-state index contributed by atoms with van der Waals surface area (Å²) in [6, 6.07) is 0. The van der Waals surface area contributed by atoms with Crippen molar-refractivity contribution in [1.29, 1.82) is 0 Å². The minimum Gasteiger partial charge on any atom is -0.356 e. The van der Waals surface area contributed by atoms with E-state index in [4.69, 9.17) is 0 Å².